The van der Waals surface area contributed by atoms with Crippen LogP contribution in [-0.4, -0.2) is 18.5 Å². The molecule has 3 heteroatoms. The van der Waals surface area contributed by atoms with Crippen LogP contribution >= 0.6 is 0 Å². The molecule has 1 aromatic carbocycles. The molecule has 0 aliphatic heterocycles. The molecule has 0 aromatic heterocycles. The molecule has 1 fully saturated rings. The fraction of sp³-hybridized carbons (Fsp3) is 0.400. The van der Waals surface area contributed by atoms with Crippen LogP contribution < -0.4 is 10.6 Å². The monoisotopic (exact) mass is 244 g/mol. The van der Waals surface area contributed by atoms with Gasteiger partial charge in [-0.15, -0.1) is 6.58 Å². The summed E-state index contributed by atoms with van der Waals surface area (Å²) in [5.41, 5.74) is 1.76. The highest BCUT2D eigenvalue weighted by atomic mass is 16.1. The molecule has 2 rings (SSSR count). The molecule has 1 aromatic rings. The fourth-order valence-electron chi connectivity index (χ4n) is 1.96. The van der Waals surface area contributed by atoms with Gasteiger partial charge in [-0.1, -0.05) is 6.08 Å². The van der Waals surface area contributed by atoms with Crippen molar-refractivity contribution in [2.24, 2.45) is 5.92 Å². The van der Waals surface area contributed by atoms with Crippen molar-refractivity contribution in [1.82, 2.24) is 5.32 Å². The van der Waals surface area contributed by atoms with Crippen molar-refractivity contribution < 1.29 is 4.79 Å². The Hall–Kier alpha value is -1.77. The zero-order valence-corrected chi connectivity index (χ0v) is 10.8. The number of anilines is 1. The van der Waals surface area contributed by atoms with Crippen LogP contribution in [0.5, 0.6) is 0 Å². The molecule has 0 bridgehead atoms. The molecule has 1 unspecified atom stereocenters. The summed E-state index contributed by atoms with van der Waals surface area (Å²) in [5.74, 6) is 0.761. The molecule has 18 heavy (non-hydrogen) atoms. The third kappa shape index (κ3) is 3.36. The van der Waals surface area contributed by atoms with Gasteiger partial charge in [-0.2, -0.15) is 0 Å². The van der Waals surface area contributed by atoms with Crippen LogP contribution in [0.2, 0.25) is 0 Å². The van der Waals surface area contributed by atoms with Crippen molar-refractivity contribution in [3.63, 3.8) is 0 Å². The third-order valence-corrected chi connectivity index (χ3v) is 3.28. The molecule has 0 heterocycles. The molecular weight excluding hydrogens is 224 g/mol. The molecule has 3 nitrogen and oxygen atoms in total. The SMILES string of the molecule is C=CCNC(=O)c1ccc(NC(C)C2CC2)cc1. The van der Waals surface area contributed by atoms with Crippen molar-refractivity contribution in [3.8, 4) is 0 Å². The maximum Gasteiger partial charge on any atom is 0.251 e. The van der Waals surface area contributed by atoms with Crippen LogP contribution in [0.3, 0.4) is 0 Å². The van der Waals surface area contributed by atoms with Crippen LogP contribution in [0.15, 0.2) is 36.9 Å². The topological polar surface area (TPSA) is 41.1 Å². The van der Waals surface area contributed by atoms with Gasteiger partial charge in [-0.25, -0.2) is 0 Å². The second kappa shape index (κ2) is 5.71. The predicted molar refractivity (Wildman–Crippen MR) is 74.8 cm³/mol. The minimum absolute atomic E-state index is 0.0586. The lowest BCUT2D eigenvalue weighted by molar-refractivity contribution is 0.0958. The number of benzene rings is 1. The van der Waals surface area contributed by atoms with Gasteiger partial charge in [-0.05, 0) is 49.9 Å². The standard InChI is InChI=1S/C15H20N2O/c1-3-10-16-15(18)13-6-8-14(9-7-13)17-11(2)12-4-5-12/h3,6-9,11-12,17H,1,4-5,10H2,2H3,(H,16,18). The average Bonchev–Trinajstić information content (AvgIpc) is 3.21. The second-order valence-electron chi connectivity index (χ2n) is 4.85. The van der Waals surface area contributed by atoms with Gasteiger partial charge in [0.1, 0.15) is 0 Å². The van der Waals surface area contributed by atoms with E-state index in [4.69, 9.17) is 0 Å². The number of nitrogens with one attached hydrogen (secondary N) is 2. The lowest BCUT2D eigenvalue weighted by Crippen LogP contribution is -2.23. The molecule has 0 spiro atoms. The van der Waals surface area contributed by atoms with Gasteiger partial charge in [0.2, 0.25) is 0 Å². The van der Waals surface area contributed by atoms with Gasteiger partial charge < -0.3 is 10.6 Å². The molecule has 1 aliphatic rings. The number of carbonyl (C=O) groups is 1. The Balaban J connectivity index is 1.91. The Morgan fingerprint density at radius 3 is 2.67 bits per heavy atom. The normalized spacial score (nSPS) is 15.8. The molecule has 96 valence electrons. The highest BCUT2D eigenvalue weighted by Gasteiger charge is 2.27. The van der Waals surface area contributed by atoms with Crippen LogP contribution in [0.25, 0.3) is 0 Å². The summed E-state index contributed by atoms with van der Waals surface area (Å²) >= 11 is 0. The molecule has 2 N–H and O–H groups in total. The van der Waals surface area contributed by atoms with Gasteiger partial charge in [-0.3, -0.25) is 4.79 Å². The first-order valence-electron chi connectivity index (χ1n) is 6.46. The largest absolute Gasteiger partial charge is 0.382 e. The lowest BCUT2D eigenvalue weighted by atomic mass is 10.1. The van der Waals surface area contributed by atoms with E-state index in [0.29, 0.717) is 18.2 Å². The smallest absolute Gasteiger partial charge is 0.251 e. The fourth-order valence-corrected chi connectivity index (χ4v) is 1.96. The first-order valence-corrected chi connectivity index (χ1v) is 6.46. The van der Waals surface area contributed by atoms with Gasteiger partial charge in [0.15, 0.2) is 0 Å². The third-order valence-electron chi connectivity index (χ3n) is 3.28. The molecule has 1 aliphatic carbocycles. The minimum Gasteiger partial charge on any atom is -0.382 e. The van der Waals surface area contributed by atoms with Crippen LogP contribution in [-0.2, 0) is 0 Å². The Bertz CT molecular complexity index is 421. The summed E-state index contributed by atoms with van der Waals surface area (Å²) in [6.45, 7) is 6.28. The summed E-state index contributed by atoms with van der Waals surface area (Å²) in [4.78, 5) is 11.7. The zero-order chi connectivity index (χ0) is 13.0. The summed E-state index contributed by atoms with van der Waals surface area (Å²) < 4.78 is 0. The van der Waals surface area contributed by atoms with Gasteiger partial charge in [0.05, 0.1) is 0 Å². The highest BCUT2D eigenvalue weighted by Crippen LogP contribution is 2.33. The quantitative estimate of drug-likeness (QED) is 0.755. The Morgan fingerprint density at radius 1 is 1.44 bits per heavy atom. The van der Waals surface area contributed by atoms with E-state index in [9.17, 15) is 4.79 Å². The van der Waals surface area contributed by atoms with Crippen molar-refractivity contribution in [1.29, 1.82) is 0 Å². The number of hydrogen-bond donors (Lipinski definition) is 2. The van der Waals surface area contributed by atoms with Crippen LogP contribution in [0, 0.1) is 5.92 Å². The Kier molecular flexibility index (Phi) is 4.03. The Labute approximate surface area is 108 Å². The molecule has 1 saturated carbocycles. The molecule has 0 radical (unpaired) electrons. The van der Waals surface area contributed by atoms with E-state index >= 15 is 0 Å². The van der Waals surface area contributed by atoms with Gasteiger partial charge in [0.25, 0.3) is 5.91 Å². The summed E-state index contributed by atoms with van der Waals surface area (Å²) in [5, 5.41) is 6.22. The van der Waals surface area contributed by atoms with Crippen molar-refractivity contribution >= 4 is 11.6 Å². The maximum atomic E-state index is 11.7. The minimum atomic E-state index is -0.0586. The molecule has 0 saturated heterocycles. The zero-order valence-electron chi connectivity index (χ0n) is 10.8. The summed E-state index contributed by atoms with van der Waals surface area (Å²) in [6, 6.07) is 8.13. The van der Waals surface area contributed by atoms with Crippen molar-refractivity contribution in [2.45, 2.75) is 25.8 Å². The van der Waals surface area contributed by atoms with E-state index in [-0.39, 0.29) is 5.91 Å². The first kappa shape index (κ1) is 12.7. The van der Waals surface area contributed by atoms with Gasteiger partial charge in [0, 0.05) is 23.8 Å². The number of carbonyl (C=O) groups excluding carboxylic acids is 1. The van der Waals surface area contributed by atoms with Crippen molar-refractivity contribution in [2.75, 3.05) is 11.9 Å². The molecular formula is C15H20N2O. The highest BCUT2D eigenvalue weighted by molar-refractivity contribution is 5.94. The second-order valence-corrected chi connectivity index (χ2v) is 4.85. The predicted octanol–water partition coefficient (Wildman–Crippen LogP) is 2.81. The van der Waals surface area contributed by atoms with E-state index in [0.717, 1.165) is 11.6 Å². The number of rotatable bonds is 6. The van der Waals surface area contributed by atoms with E-state index in [1.807, 2.05) is 24.3 Å². The average molecular weight is 244 g/mol. The van der Waals surface area contributed by atoms with E-state index in [1.54, 1.807) is 6.08 Å². The lowest BCUT2D eigenvalue weighted by Gasteiger charge is -2.14. The molecule has 1 amide bonds. The van der Waals surface area contributed by atoms with Crippen LogP contribution in [0.4, 0.5) is 5.69 Å². The van der Waals surface area contributed by atoms with E-state index in [1.165, 1.54) is 12.8 Å². The van der Waals surface area contributed by atoms with Crippen LogP contribution in [0.1, 0.15) is 30.1 Å². The maximum absolute atomic E-state index is 11.7. The van der Waals surface area contributed by atoms with Crippen molar-refractivity contribution in [3.05, 3.63) is 42.5 Å². The molecule has 1 atom stereocenters. The number of hydrogen-bond acceptors (Lipinski definition) is 2. The summed E-state index contributed by atoms with van der Waals surface area (Å²) in [7, 11) is 0. The number of amides is 1. The van der Waals surface area contributed by atoms with E-state index in [2.05, 4.69) is 24.1 Å². The first-order chi connectivity index (χ1) is 8.70. The van der Waals surface area contributed by atoms with Gasteiger partial charge >= 0.3 is 0 Å². The Morgan fingerprint density at radius 2 is 2.11 bits per heavy atom. The van der Waals surface area contributed by atoms with E-state index < -0.39 is 0 Å². The summed E-state index contributed by atoms with van der Waals surface area (Å²) in [6.07, 6.45) is 4.33.